The molecule has 3 heteroatoms. The standard InChI is InChI=1S/C12H13BrClN/c13-10-5-9(6-11(14)7-10)12(15)8-3-1-2-4-8/h3,5-7,12H,1-2,4,15H2. The molecule has 1 atom stereocenters. The fourth-order valence-electron chi connectivity index (χ4n) is 1.95. The van der Waals surface area contributed by atoms with Crippen LogP contribution in [0.2, 0.25) is 5.02 Å². The number of allylic oxidation sites excluding steroid dienone is 1. The zero-order chi connectivity index (χ0) is 10.8. The highest BCUT2D eigenvalue weighted by Crippen LogP contribution is 2.31. The molecule has 1 aliphatic rings. The lowest BCUT2D eigenvalue weighted by Crippen LogP contribution is -2.12. The molecule has 0 radical (unpaired) electrons. The second-order valence-electron chi connectivity index (χ2n) is 3.85. The first kappa shape index (κ1) is 11.2. The van der Waals surface area contributed by atoms with Crippen molar-refractivity contribution in [2.75, 3.05) is 0 Å². The monoisotopic (exact) mass is 285 g/mol. The summed E-state index contributed by atoms with van der Waals surface area (Å²) in [6.07, 6.45) is 5.75. The summed E-state index contributed by atoms with van der Waals surface area (Å²) in [4.78, 5) is 0. The Morgan fingerprint density at radius 1 is 1.33 bits per heavy atom. The van der Waals surface area contributed by atoms with Gasteiger partial charge < -0.3 is 5.73 Å². The number of rotatable bonds is 2. The minimum Gasteiger partial charge on any atom is -0.321 e. The fraction of sp³-hybridized carbons (Fsp3) is 0.333. The summed E-state index contributed by atoms with van der Waals surface area (Å²) in [6.45, 7) is 0. The number of hydrogen-bond acceptors (Lipinski definition) is 1. The van der Waals surface area contributed by atoms with E-state index >= 15 is 0 Å². The number of nitrogens with two attached hydrogens (primary N) is 1. The summed E-state index contributed by atoms with van der Waals surface area (Å²) in [5.41, 5.74) is 8.61. The van der Waals surface area contributed by atoms with Crippen molar-refractivity contribution in [3.05, 3.63) is 44.9 Å². The van der Waals surface area contributed by atoms with Gasteiger partial charge in [0.2, 0.25) is 0 Å². The van der Waals surface area contributed by atoms with Crippen LogP contribution in [0.4, 0.5) is 0 Å². The van der Waals surface area contributed by atoms with Gasteiger partial charge >= 0.3 is 0 Å². The average Bonchev–Trinajstić information content (AvgIpc) is 2.67. The van der Waals surface area contributed by atoms with Crippen molar-refractivity contribution in [1.29, 1.82) is 0 Å². The van der Waals surface area contributed by atoms with Crippen molar-refractivity contribution < 1.29 is 0 Å². The highest BCUT2D eigenvalue weighted by atomic mass is 79.9. The number of benzene rings is 1. The Hall–Kier alpha value is -0.310. The number of hydrogen-bond donors (Lipinski definition) is 1. The minimum absolute atomic E-state index is 0.00231. The van der Waals surface area contributed by atoms with Crippen LogP contribution in [0, 0.1) is 0 Å². The second kappa shape index (κ2) is 4.69. The van der Waals surface area contributed by atoms with Gasteiger partial charge in [0.05, 0.1) is 6.04 Å². The quantitative estimate of drug-likeness (QED) is 0.810. The Kier molecular flexibility index (Phi) is 3.49. The topological polar surface area (TPSA) is 26.0 Å². The molecule has 1 aromatic carbocycles. The molecule has 0 amide bonds. The largest absolute Gasteiger partial charge is 0.321 e. The zero-order valence-electron chi connectivity index (χ0n) is 8.34. The van der Waals surface area contributed by atoms with Gasteiger partial charge in [0.25, 0.3) is 0 Å². The predicted octanol–water partition coefficient (Wildman–Crippen LogP) is 4.21. The van der Waals surface area contributed by atoms with Gasteiger partial charge in [-0.2, -0.15) is 0 Å². The molecule has 2 N–H and O–H groups in total. The Labute approximate surface area is 103 Å². The molecule has 0 spiro atoms. The van der Waals surface area contributed by atoms with Crippen LogP contribution < -0.4 is 5.73 Å². The van der Waals surface area contributed by atoms with E-state index in [0.29, 0.717) is 0 Å². The third kappa shape index (κ3) is 2.63. The molecule has 0 saturated heterocycles. The molecule has 1 unspecified atom stereocenters. The lowest BCUT2D eigenvalue weighted by Gasteiger charge is -2.14. The summed E-state index contributed by atoms with van der Waals surface area (Å²) >= 11 is 9.43. The third-order valence-electron chi connectivity index (χ3n) is 2.72. The Balaban J connectivity index is 2.28. The number of halogens is 2. The van der Waals surface area contributed by atoms with Crippen LogP contribution in [0.25, 0.3) is 0 Å². The predicted molar refractivity (Wildman–Crippen MR) is 68.0 cm³/mol. The van der Waals surface area contributed by atoms with E-state index in [1.165, 1.54) is 12.0 Å². The smallest absolute Gasteiger partial charge is 0.0511 e. The van der Waals surface area contributed by atoms with E-state index in [1.54, 1.807) is 0 Å². The molecule has 0 bridgehead atoms. The first-order valence-electron chi connectivity index (χ1n) is 5.07. The minimum atomic E-state index is 0.00231. The molecular weight excluding hydrogens is 273 g/mol. The van der Waals surface area contributed by atoms with Crippen LogP contribution in [0.3, 0.4) is 0 Å². The van der Waals surface area contributed by atoms with Gasteiger partial charge in [0.1, 0.15) is 0 Å². The maximum atomic E-state index is 6.19. The molecule has 0 aromatic heterocycles. The van der Waals surface area contributed by atoms with Gasteiger partial charge in [-0.15, -0.1) is 0 Å². The van der Waals surface area contributed by atoms with Crippen LogP contribution in [0.1, 0.15) is 30.9 Å². The van der Waals surface area contributed by atoms with Crippen molar-refractivity contribution in [1.82, 2.24) is 0 Å². The first-order valence-corrected chi connectivity index (χ1v) is 6.24. The summed E-state index contributed by atoms with van der Waals surface area (Å²) in [5.74, 6) is 0. The zero-order valence-corrected chi connectivity index (χ0v) is 10.7. The maximum absolute atomic E-state index is 6.19. The molecule has 15 heavy (non-hydrogen) atoms. The highest BCUT2D eigenvalue weighted by molar-refractivity contribution is 9.10. The Bertz CT molecular complexity index is 380. The van der Waals surface area contributed by atoms with E-state index < -0.39 is 0 Å². The summed E-state index contributed by atoms with van der Waals surface area (Å²) in [7, 11) is 0. The highest BCUT2D eigenvalue weighted by Gasteiger charge is 2.15. The van der Waals surface area contributed by atoms with Gasteiger partial charge in [-0.3, -0.25) is 0 Å². The van der Waals surface area contributed by atoms with Gasteiger partial charge in [-0.05, 0) is 43.0 Å². The van der Waals surface area contributed by atoms with E-state index in [4.69, 9.17) is 17.3 Å². The summed E-state index contributed by atoms with van der Waals surface area (Å²) < 4.78 is 0.985. The lowest BCUT2D eigenvalue weighted by atomic mass is 9.99. The van der Waals surface area contributed by atoms with Gasteiger partial charge in [0, 0.05) is 9.50 Å². The molecule has 80 valence electrons. The fourth-order valence-corrected chi connectivity index (χ4v) is 2.83. The first-order chi connectivity index (χ1) is 7.16. The van der Waals surface area contributed by atoms with E-state index in [-0.39, 0.29) is 6.04 Å². The third-order valence-corrected chi connectivity index (χ3v) is 3.40. The average molecular weight is 287 g/mol. The molecule has 0 heterocycles. The lowest BCUT2D eigenvalue weighted by molar-refractivity contribution is 0.784. The van der Waals surface area contributed by atoms with Crippen molar-refractivity contribution in [2.45, 2.75) is 25.3 Å². The van der Waals surface area contributed by atoms with Crippen LogP contribution in [0.5, 0.6) is 0 Å². The van der Waals surface area contributed by atoms with Crippen LogP contribution in [-0.4, -0.2) is 0 Å². The molecular formula is C12H13BrClN. The molecule has 1 aliphatic carbocycles. The SMILES string of the molecule is NC(C1=CCCC1)c1cc(Cl)cc(Br)c1. The van der Waals surface area contributed by atoms with Crippen molar-refractivity contribution in [3.8, 4) is 0 Å². The summed E-state index contributed by atoms with van der Waals surface area (Å²) in [5, 5.41) is 0.730. The molecule has 1 nitrogen and oxygen atoms in total. The Morgan fingerprint density at radius 2 is 2.13 bits per heavy atom. The van der Waals surface area contributed by atoms with Crippen LogP contribution in [0.15, 0.2) is 34.3 Å². The molecule has 0 fully saturated rings. The van der Waals surface area contributed by atoms with E-state index in [0.717, 1.165) is 27.9 Å². The van der Waals surface area contributed by atoms with Gasteiger partial charge in [-0.25, -0.2) is 0 Å². The maximum Gasteiger partial charge on any atom is 0.0511 e. The molecule has 1 aromatic rings. The van der Waals surface area contributed by atoms with Crippen molar-refractivity contribution in [3.63, 3.8) is 0 Å². The molecule has 0 aliphatic heterocycles. The normalized spacial score (nSPS) is 17.7. The van der Waals surface area contributed by atoms with Crippen LogP contribution >= 0.6 is 27.5 Å². The van der Waals surface area contributed by atoms with Crippen molar-refractivity contribution >= 4 is 27.5 Å². The van der Waals surface area contributed by atoms with Gasteiger partial charge in [-0.1, -0.05) is 39.2 Å². The second-order valence-corrected chi connectivity index (χ2v) is 5.20. The molecule has 2 rings (SSSR count). The van der Waals surface area contributed by atoms with E-state index in [2.05, 4.69) is 22.0 Å². The molecule has 0 saturated carbocycles. The summed E-state index contributed by atoms with van der Waals surface area (Å²) in [6, 6.07) is 5.86. The van der Waals surface area contributed by atoms with Crippen LogP contribution in [-0.2, 0) is 0 Å². The van der Waals surface area contributed by atoms with Gasteiger partial charge in [0.15, 0.2) is 0 Å². The van der Waals surface area contributed by atoms with E-state index in [9.17, 15) is 0 Å². The van der Waals surface area contributed by atoms with E-state index in [1.807, 2.05) is 18.2 Å². The Morgan fingerprint density at radius 3 is 2.73 bits per heavy atom. The van der Waals surface area contributed by atoms with Crippen molar-refractivity contribution in [2.24, 2.45) is 5.73 Å².